The van der Waals surface area contributed by atoms with E-state index in [1.807, 2.05) is 11.7 Å². The number of benzene rings is 1. The van der Waals surface area contributed by atoms with Gasteiger partial charge in [-0.15, -0.1) is 0 Å². The average Bonchev–Trinajstić information content (AvgIpc) is 3.22. The number of aliphatic hydroxyl groups excluding tert-OH is 1. The van der Waals surface area contributed by atoms with Crippen molar-refractivity contribution in [3.63, 3.8) is 0 Å². The van der Waals surface area contributed by atoms with E-state index in [0.717, 1.165) is 73.4 Å². The molecule has 5 rings (SSSR count). The van der Waals surface area contributed by atoms with E-state index in [-0.39, 0.29) is 12.0 Å². The molecule has 2 aromatic heterocycles. The van der Waals surface area contributed by atoms with Crippen LogP contribution in [-0.4, -0.2) is 50.6 Å². The number of hydrogen-bond donors (Lipinski definition) is 1. The zero-order valence-electron chi connectivity index (χ0n) is 21.9. The van der Waals surface area contributed by atoms with Crippen LogP contribution in [-0.2, 0) is 20.0 Å². The fraction of sp³-hybridized carbons (Fsp3) is 0.536. The van der Waals surface area contributed by atoms with E-state index < -0.39 is 0 Å². The summed E-state index contributed by atoms with van der Waals surface area (Å²) < 4.78 is 2.01. The molecule has 1 fully saturated rings. The summed E-state index contributed by atoms with van der Waals surface area (Å²) >= 11 is 0. The Morgan fingerprint density at radius 1 is 1.06 bits per heavy atom. The van der Waals surface area contributed by atoms with E-state index >= 15 is 0 Å². The highest BCUT2D eigenvalue weighted by Gasteiger charge is 2.31. The Hall–Kier alpha value is -2.93. The van der Waals surface area contributed by atoms with Gasteiger partial charge in [-0.3, -0.25) is 4.68 Å². The normalized spacial score (nSPS) is 20.5. The maximum atomic E-state index is 10.4. The molecule has 4 heterocycles. The van der Waals surface area contributed by atoms with Crippen molar-refractivity contribution in [1.29, 1.82) is 0 Å². The highest BCUT2D eigenvalue weighted by molar-refractivity contribution is 5.68. The maximum Gasteiger partial charge on any atom is 0.162 e. The number of piperidine rings is 1. The van der Waals surface area contributed by atoms with Gasteiger partial charge in [-0.05, 0) is 43.2 Å². The third kappa shape index (κ3) is 4.42. The molecule has 1 saturated heterocycles. The lowest BCUT2D eigenvalue weighted by Crippen LogP contribution is -2.44. The molecule has 2 aliphatic heterocycles. The van der Waals surface area contributed by atoms with Crippen LogP contribution in [0.1, 0.15) is 61.2 Å². The van der Waals surface area contributed by atoms with Crippen molar-refractivity contribution in [3.8, 4) is 11.4 Å². The second-order valence-electron chi connectivity index (χ2n) is 10.7. The number of aliphatic hydroxyl groups is 1. The molecule has 0 aliphatic carbocycles. The van der Waals surface area contributed by atoms with Gasteiger partial charge in [-0.2, -0.15) is 5.10 Å². The minimum Gasteiger partial charge on any atom is -0.393 e. The molecule has 2 atom stereocenters. The van der Waals surface area contributed by atoms with Gasteiger partial charge >= 0.3 is 0 Å². The van der Waals surface area contributed by atoms with Crippen LogP contribution in [0, 0.1) is 19.8 Å². The Labute approximate surface area is 208 Å². The van der Waals surface area contributed by atoms with Crippen molar-refractivity contribution in [2.24, 2.45) is 13.0 Å². The van der Waals surface area contributed by atoms with Crippen molar-refractivity contribution in [3.05, 3.63) is 52.3 Å². The van der Waals surface area contributed by atoms with E-state index in [0.29, 0.717) is 5.92 Å². The zero-order valence-corrected chi connectivity index (χ0v) is 21.9. The second-order valence-corrected chi connectivity index (χ2v) is 10.7. The van der Waals surface area contributed by atoms with Crippen molar-refractivity contribution in [1.82, 2.24) is 19.7 Å². The number of rotatable bonds is 4. The Bertz CT molecular complexity index is 1210. The van der Waals surface area contributed by atoms with Gasteiger partial charge in [0.25, 0.3) is 0 Å². The lowest BCUT2D eigenvalue weighted by Gasteiger charge is -2.38. The largest absolute Gasteiger partial charge is 0.393 e. The lowest BCUT2D eigenvalue weighted by molar-refractivity contribution is 0.0968. The molecule has 7 heteroatoms. The standard InChI is InChI=1S/C28H38N6O/c1-17(2)23-14-25(32(6)31-23)33-12-10-22-21(16-33)28(34-13-11-24(35)20(5)15-34)30-27(29-22)26-18(3)8-7-9-19(26)4/h7-9,14,17,20,24,35H,10-13,15-16H2,1-6H3. The number of anilines is 2. The number of hydrogen-bond acceptors (Lipinski definition) is 6. The average molecular weight is 475 g/mol. The quantitative estimate of drug-likeness (QED) is 0.605. The highest BCUT2D eigenvalue weighted by atomic mass is 16.3. The van der Waals surface area contributed by atoms with E-state index in [1.165, 1.54) is 16.7 Å². The molecule has 0 spiro atoms. The monoisotopic (exact) mass is 474 g/mol. The van der Waals surface area contributed by atoms with Gasteiger partial charge in [0.1, 0.15) is 11.6 Å². The van der Waals surface area contributed by atoms with E-state index in [9.17, 15) is 5.11 Å². The van der Waals surface area contributed by atoms with Crippen LogP contribution in [0.15, 0.2) is 24.3 Å². The second kappa shape index (κ2) is 9.26. The summed E-state index contributed by atoms with van der Waals surface area (Å²) in [4.78, 5) is 15.2. The summed E-state index contributed by atoms with van der Waals surface area (Å²) in [5.74, 6) is 3.61. The van der Waals surface area contributed by atoms with Crippen LogP contribution in [0.25, 0.3) is 11.4 Å². The van der Waals surface area contributed by atoms with Crippen LogP contribution in [0.5, 0.6) is 0 Å². The van der Waals surface area contributed by atoms with Gasteiger partial charge in [0.2, 0.25) is 0 Å². The SMILES string of the molecule is Cc1cccc(C)c1-c1nc2c(c(N3CCC(O)C(C)C3)n1)CN(c1cc(C(C)C)nn1C)CC2. The molecule has 0 saturated carbocycles. The topological polar surface area (TPSA) is 70.3 Å². The lowest BCUT2D eigenvalue weighted by atomic mass is 9.95. The number of aromatic nitrogens is 4. The first kappa shape index (κ1) is 23.8. The third-order valence-corrected chi connectivity index (χ3v) is 7.69. The van der Waals surface area contributed by atoms with Gasteiger partial charge in [0.15, 0.2) is 5.82 Å². The van der Waals surface area contributed by atoms with Crippen molar-refractivity contribution in [2.75, 3.05) is 29.4 Å². The van der Waals surface area contributed by atoms with Crippen LogP contribution in [0.2, 0.25) is 0 Å². The minimum atomic E-state index is -0.248. The molecule has 1 N–H and O–H groups in total. The summed E-state index contributed by atoms with van der Waals surface area (Å²) in [6, 6.07) is 8.60. The third-order valence-electron chi connectivity index (χ3n) is 7.69. The van der Waals surface area contributed by atoms with Gasteiger partial charge in [0, 0.05) is 56.8 Å². The summed E-state index contributed by atoms with van der Waals surface area (Å²) in [6.45, 7) is 14.1. The van der Waals surface area contributed by atoms with Crippen LogP contribution >= 0.6 is 0 Å². The van der Waals surface area contributed by atoms with Gasteiger partial charge in [-0.1, -0.05) is 39.0 Å². The smallest absolute Gasteiger partial charge is 0.162 e. The highest BCUT2D eigenvalue weighted by Crippen LogP contribution is 2.35. The van der Waals surface area contributed by atoms with Gasteiger partial charge in [0.05, 0.1) is 17.5 Å². The molecule has 7 nitrogen and oxygen atoms in total. The first-order valence-corrected chi connectivity index (χ1v) is 12.9. The first-order valence-electron chi connectivity index (χ1n) is 12.9. The summed E-state index contributed by atoms with van der Waals surface area (Å²) in [5.41, 5.74) is 7.01. The Balaban J connectivity index is 1.59. The van der Waals surface area contributed by atoms with Gasteiger partial charge in [-0.25, -0.2) is 9.97 Å². The molecule has 0 radical (unpaired) electrons. The number of fused-ring (bicyclic) bond motifs is 1. The minimum absolute atomic E-state index is 0.211. The molecule has 35 heavy (non-hydrogen) atoms. The van der Waals surface area contributed by atoms with E-state index in [4.69, 9.17) is 15.1 Å². The maximum absolute atomic E-state index is 10.4. The number of nitrogens with zero attached hydrogens (tertiary/aromatic N) is 6. The van der Waals surface area contributed by atoms with Crippen molar-refractivity contribution in [2.45, 2.75) is 66.0 Å². The first-order chi connectivity index (χ1) is 16.7. The molecule has 0 bridgehead atoms. The Morgan fingerprint density at radius 3 is 2.46 bits per heavy atom. The molecule has 1 aromatic carbocycles. The van der Waals surface area contributed by atoms with Crippen LogP contribution in [0.3, 0.4) is 0 Å². The van der Waals surface area contributed by atoms with Crippen molar-refractivity contribution < 1.29 is 5.11 Å². The van der Waals surface area contributed by atoms with Crippen molar-refractivity contribution >= 4 is 11.6 Å². The van der Waals surface area contributed by atoms with Crippen LogP contribution < -0.4 is 9.80 Å². The summed E-state index contributed by atoms with van der Waals surface area (Å²) in [5, 5.41) is 15.1. The van der Waals surface area contributed by atoms with Gasteiger partial charge < -0.3 is 14.9 Å². The fourth-order valence-electron chi connectivity index (χ4n) is 5.52. The Kier molecular flexibility index (Phi) is 6.30. The molecule has 186 valence electrons. The van der Waals surface area contributed by atoms with Crippen LogP contribution in [0.4, 0.5) is 11.6 Å². The molecule has 2 unspecified atom stereocenters. The predicted octanol–water partition coefficient (Wildman–Crippen LogP) is 4.39. The number of aryl methyl sites for hydroxylation is 3. The van der Waals surface area contributed by atoms with E-state index in [1.54, 1.807) is 0 Å². The zero-order chi connectivity index (χ0) is 24.9. The summed E-state index contributed by atoms with van der Waals surface area (Å²) in [6.07, 6.45) is 1.39. The summed E-state index contributed by atoms with van der Waals surface area (Å²) in [7, 11) is 2.03. The molecule has 3 aromatic rings. The molecular formula is C28H38N6O. The fourth-order valence-corrected chi connectivity index (χ4v) is 5.52. The molecule has 2 aliphatic rings. The Morgan fingerprint density at radius 2 is 1.80 bits per heavy atom. The predicted molar refractivity (Wildman–Crippen MR) is 141 cm³/mol. The molecular weight excluding hydrogens is 436 g/mol. The molecule has 0 amide bonds. The van der Waals surface area contributed by atoms with E-state index in [2.05, 4.69) is 68.7 Å².